The summed E-state index contributed by atoms with van der Waals surface area (Å²) in [5, 5.41) is 12.0. The van der Waals surface area contributed by atoms with Crippen molar-refractivity contribution in [2.75, 3.05) is 18.0 Å². The molecule has 1 aromatic carbocycles. The normalized spacial score (nSPS) is 15.1. The molecule has 0 saturated carbocycles. The Morgan fingerprint density at radius 2 is 1.75 bits per heavy atom. The van der Waals surface area contributed by atoms with E-state index in [0.717, 1.165) is 25.9 Å². The maximum absolute atomic E-state index is 12.3. The summed E-state index contributed by atoms with van der Waals surface area (Å²) in [5.74, 6) is -0.579. The van der Waals surface area contributed by atoms with Gasteiger partial charge in [-0.1, -0.05) is 6.07 Å². The highest BCUT2D eigenvalue weighted by atomic mass is 16.4. The van der Waals surface area contributed by atoms with Crippen molar-refractivity contribution in [3.63, 3.8) is 0 Å². The minimum atomic E-state index is -1.04. The number of piperidine rings is 1. The lowest BCUT2D eigenvalue weighted by Crippen LogP contribution is -2.45. The number of carboxylic acid groups (broad SMARTS) is 1. The van der Waals surface area contributed by atoms with Crippen molar-refractivity contribution >= 4 is 17.8 Å². The van der Waals surface area contributed by atoms with Gasteiger partial charge in [0.1, 0.15) is 0 Å². The molecule has 7 heteroatoms. The molecule has 2 aromatic rings. The van der Waals surface area contributed by atoms with E-state index in [4.69, 9.17) is 5.11 Å². The van der Waals surface area contributed by atoms with Gasteiger partial charge in [0.05, 0.1) is 5.56 Å². The van der Waals surface area contributed by atoms with Gasteiger partial charge in [-0.05, 0) is 37.1 Å². The molecule has 3 rings (SSSR count). The van der Waals surface area contributed by atoms with Crippen molar-refractivity contribution in [2.24, 2.45) is 0 Å². The van der Waals surface area contributed by atoms with E-state index < -0.39 is 5.97 Å². The third kappa shape index (κ3) is 3.68. The Morgan fingerprint density at radius 1 is 1.08 bits per heavy atom. The highest BCUT2D eigenvalue weighted by Crippen LogP contribution is 2.16. The zero-order valence-electron chi connectivity index (χ0n) is 13.1. The molecule has 1 aliphatic rings. The summed E-state index contributed by atoms with van der Waals surface area (Å²) in [4.78, 5) is 33.8. The van der Waals surface area contributed by atoms with Crippen molar-refractivity contribution in [1.29, 1.82) is 0 Å². The summed E-state index contributed by atoms with van der Waals surface area (Å²) < 4.78 is 0. The van der Waals surface area contributed by atoms with E-state index in [9.17, 15) is 9.59 Å². The van der Waals surface area contributed by atoms with Crippen LogP contribution in [0.2, 0.25) is 0 Å². The van der Waals surface area contributed by atoms with Crippen LogP contribution in [0.1, 0.15) is 33.6 Å². The van der Waals surface area contributed by atoms with Gasteiger partial charge in [0.2, 0.25) is 5.95 Å². The van der Waals surface area contributed by atoms with Crippen LogP contribution in [0.3, 0.4) is 0 Å². The Labute approximate surface area is 139 Å². The Balaban J connectivity index is 1.57. The number of aromatic nitrogens is 2. The summed E-state index contributed by atoms with van der Waals surface area (Å²) in [7, 11) is 0. The molecule has 0 atom stereocenters. The van der Waals surface area contributed by atoms with Gasteiger partial charge in [0.15, 0.2) is 0 Å². The molecule has 0 radical (unpaired) electrons. The highest BCUT2D eigenvalue weighted by molar-refractivity contribution is 5.97. The summed E-state index contributed by atoms with van der Waals surface area (Å²) in [6.07, 6.45) is 5.02. The molecule has 1 fully saturated rings. The third-order valence-electron chi connectivity index (χ3n) is 4.04. The predicted octanol–water partition coefficient (Wildman–Crippen LogP) is 1.57. The molecule has 1 amide bonds. The van der Waals surface area contributed by atoms with E-state index in [2.05, 4.69) is 20.2 Å². The van der Waals surface area contributed by atoms with Crippen LogP contribution in [-0.4, -0.2) is 46.1 Å². The first kappa shape index (κ1) is 15.9. The van der Waals surface area contributed by atoms with Gasteiger partial charge in [-0.2, -0.15) is 0 Å². The molecule has 1 aliphatic heterocycles. The standard InChI is InChI=1S/C17H18N4O3/c22-15(12-3-1-4-13(11-12)16(23)24)20-14-5-9-21(10-6-14)17-18-7-2-8-19-17/h1-4,7-8,11,14H,5-6,9-10H2,(H,20,22)(H,23,24). The van der Waals surface area contributed by atoms with E-state index >= 15 is 0 Å². The number of hydrogen-bond acceptors (Lipinski definition) is 5. The molecule has 7 nitrogen and oxygen atoms in total. The van der Waals surface area contributed by atoms with Gasteiger partial charge < -0.3 is 15.3 Å². The first-order valence-corrected chi connectivity index (χ1v) is 7.79. The second-order valence-electron chi connectivity index (χ2n) is 5.67. The summed E-state index contributed by atoms with van der Waals surface area (Å²) in [6, 6.07) is 7.90. The fourth-order valence-electron chi connectivity index (χ4n) is 2.74. The van der Waals surface area contributed by atoms with Gasteiger partial charge >= 0.3 is 5.97 Å². The third-order valence-corrected chi connectivity index (χ3v) is 4.04. The summed E-state index contributed by atoms with van der Waals surface area (Å²) in [6.45, 7) is 1.54. The molecular weight excluding hydrogens is 308 g/mol. The van der Waals surface area contributed by atoms with Gasteiger partial charge in [-0.25, -0.2) is 14.8 Å². The maximum Gasteiger partial charge on any atom is 0.335 e. The summed E-state index contributed by atoms with van der Waals surface area (Å²) in [5.41, 5.74) is 0.474. The molecule has 0 bridgehead atoms. The number of hydrogen-bond donors (Lipinski definition) is 2. The fraction of sp³-hybridized carbons (Fsp3) is 0.294. The highest BCUT2D eigenvalue weighted by Gasteiger charge is 2.22. The number of nitrogens with zero attached hydrogens (tertiary/aromatic N) is 3. The van der Waals surface area contributed by atoms with E-state index in [1.54, 1.807) is 30.6 Å². The molecular formula is C17H18N4O3. The lowest BCUT2D eigenvalue weighted by molar-refractivity contribution is 0.0697. The molecule has 0 spiro atoms. The molecule has 1 aromatic heterocycles. The topological polar surface area (TPSA) is 95.4 Å². The molecule has 0 unspecified atom stereocenters. The second-order valence-corrected chi connectivity index (χ2v) is 5.67. The molecule has 24 heavy (non-hydrogen) atoms. The van der Waals surface area contributed by atoms with Crippen LogP contribution in [0, 0.1) is 0 Å². The molecule has 124 valence electrons. The quantitative estimate of drug-likeness (QED) is 0.885. The Morgan fingerprint density at radius 3 is 2.42 bits per heavy atom. The number of aromatic carboxylic acids is 1. The zero-order valence-corrected chi connectivity index (χ0v) is 13.1. The van der Waals surface area contributed by atoms with Gasteiger partial charge in [-0.3, -0.25) is 4.79 Å². The minimum absolute atomic E-state index is 0.0611. The molecule has 1 saturated heterocycles. The minimum Gasteiger partial charge on any atom is -0.478 e. The number of amides is 1. The van der Waals surface area contributed by atoms with Gasteiger partial charge in [0, 0.05) is 37.1 Å². The van der Waals surface area contributed by atoms with Crippen molar-refractivity contribution in [3.05, 3.63) is 53.9 Å². The lowest BCUT2D eigenvalue weighted by Gasteiger charge is -2.32. The maximum atomic E-state index is 12.3. The van der Waals surface area contributed by atoms with Crippen LogP contribution in [0.5, 0.6) is 0 Å². The second kappa shape index (κ2) is 7.08. The largest absolute Gasteiger partial charge is 0.478 e. The number of carbonyl (C=O) groups is 2. The van der Waals surface area contributed by atoms with Gasteiger partial charge in [0.25, 0.3) is 5.91 Å². The van der Waals surface area contributed by atoms with Crippen LogP contribution in [0.4, 0.5) is 5.95 Å². The SMILES string of the molecule is O=C(O)c1cccc(C(=O)NC2CCN(c3ncccn3)CC2)c1. The first-order chi connectivity index (χ1) is 11.6. The molecule has 2 heterocycles. The summed E-state index contributed by atoms with van der Waals surface area (Å²) >= 11 is 0. The first-order valence-electron chi connectivity index (χ1n) is 7.79. The predicted molar refractivity (Wildman–Crippen MR) is 88.1 cm³/mol. The van der Waals surface area contributed by atoms with E-state index in [1.165, 1.54) is 12.1 Å². The number of anilines is 1. The monoisotopic (exact) mass is 326 g/mol. The number of rotatable bonds is 4. The van der Waals surface area contributed by atoms with Crippen LogP contribution in [0.25, 0.3) is 0 Å². The smallest absolute Gasteiger partial charge is 0.335 e. The van der Waals surface area contributed by atoms with E-state index in [-0.39, 0.29) is 17.5 Å². The van der Waals surface area contributed by atoms with Crippen LogP contribution in [0.15, 0.2) is 42.7 Å². The number of nitrogens with one attached hydrogen (secondary N) is 1. The molecule has 2 N–H and O–H groups in total. The zero-order chi connectivity index (χ0) is 16.9. The average molecular weight is 326 g/mol. The van der Waals surface area contributed by atoms with E-state index in [1.807, 2.05) is 0 Å². The van der Waals surface area contributed by atoms with Crippen LogP contribution >= 0.6 is 0 Å². The van der Waals surface area contributed by atoms with Crippen molar-refractivity contribution in [3.8, 4) is 0 Å². The van der Waals surface area contributed by atoms with Crippen LogP contribution in [-0.2, 0) is 0 Å². The van der Waals surface area contributed by atoms with Crippen molar-refractivity contribution < 1.29 is 14.7 Å². The van der Waals surface area contributed by atoms with Gasteiger partial charge in [-0.15, -0.1) is 0 Å². The number of carboxylic acids is 1. The Bertz CT molecular complexity index is 728. The Kier molecular flexibility index (Phi) is 4.69. The molecule has 0 aliphatic carbocycles. The van der Waals surface area contributed by atoms with Crippen LogP contribution < -0.4 is 10.2 Å². The fourth-order valence-corrected chi connectivity index (χ4v) is 2.74. The number of carbonyl (C=O) groups excluding carboxylic acids is 1. The van der Waals surface area contributed by atoms with Crippen molar-refractivity contribution in [1.82, 2.24) is 15.3 Å². The lowest BCUT2D eigenvalue weighted by atomic mass is 10.0. The number of benzene rings is 1. The van der Waals surface area contributed by atoms with E-state index in [0.29, 0.717) is 11.5 Å². The van der Waals surface area contributed by atoms with Crippen molar-refractivity contribution in [2.45, 2.75) is 18.9 Å². The average Bonchev–Trinajstić information content (AvgIpc) is 2.63. The Hall–Kier alpha value is -2.96.